The van der Waals surface area contributed by atoms with Crippen molar-refractivity contribution in [2.75, 3.05) is 0 Å². The molecular formula is C14H12BrNO2. The molecule has 1 heterocycles. The number of carboxylic acids is 1. The van der Waals surface area contributed by atoms with Crippen LogP contribution in [0.2, 0.25) is 0 Å². The number of allylic oxidation sites excluding steroid dienone is 1. The van der Waals surface area contributed by atoms with Gasteiger partial charge in [0.2, 0.25) is 0 Å². The van der Waals surface area contributed by atoms with Crippen molar-refractivity contribution in [2.45, 2.75) is 12.8 Å². The van der Waals surface area contributed by atoms with E-state index in [2.05, 4.69) is 20.9 Å². The Bertz CT molecular complexity index is 653. The summed E-state index contributed by atoms with van der Waals surface area (Å²) in [6.45, 7) is 0. The lowest BCUT2D eigenvalue weighted by atomic mass is 10.0. The first-order valence-corrected chi connectivity index (χ1v) is 6.66. The van der Waals surface area contributed by atoms with Gasteiger partial charge in [0, 0.05) is 33.2 Å². The smallest absolute Gasteiger partial charge is 0.328 e. The van der Waals surface area contributed by atoms with E-state index in [1.807, 2.05) is 24.4 Å². The number of fused-ring (bicyclic) bond motifs is 1. The van der Waals surface area contributed by atoms with Crippen LogP contribution in [0.5, 0.6) is 0 Å². The lowest BCUT2D eigenvalue weighted by molar-refractivity contribution is -0.131. The highest BCUT2D eigenvalue weighted by molar-refractivity contribution is 9.10. The minimum absolute atomic E-state index is 0.406. The molecule has 0 saturated heterocycles. The summed E-state index contributed by atoms with van der Waals surface area (Å²) in [7, 11) is 0. The Labute approximate surface area is 113 Å². The number of carboxylic acid groups (broad SMARTS) is 1. The molecule has 0 atom stereocenters. The van der Waals surface area contributed by atoms with Crippen LogP contribution in [0.1, 0.15) is 18.4 Å². The Morgan fingerprint density at radius 2 is 2.22 bits per heavy atom. The van der Waals surface area contributed by atoms with Crippen molar-refractivity contribution in [1.29, 1.82) is 0 Å². The normalized spacial score (nSPS) is 16.2. The van der Waals surface area contributed by atoms with E-state index in [4.69, 9.17) is 5.11 Å². The predicted molar refractivity (Wildman–Crippen MR) is 74.3 cm³/mol. The van der Waals surface area contributed by atoms with Gasteiger partial charge >= 0.3 is 5.97 Å². The van der Waals surface area contributed by atoms with Crippen molar-refractivity contribution in [3.63, 3.8) is 0 Å². The molecule has 92 valence electrons. The molecule has 3 rings (SSSR count). The third-order valence-electron chi connectivity index (χ3n) is 3.25. The van der Waals surface area contributed by atoms with E-state index in [0.717, 1.165) is 39.4 Å². The van der Waals surface area contributed by atoms with Crippen LogP contribution in [-0.4, -0.2) is 16.1 Å². The molecule has 1 aliphatic carbocycles. The van der Waals surface area contributed by atoms with E-state index < -0.39 is 5.97 Å². The van der Waals surface area contributed by atoms with Crippen molar-refractivity contribution in [3.8, 4) is 0 Å². The number of aromatic nitrogens is 1. The predicted octanol–water partition coefficient (Wildman–Crippen LogP) is 3.81. The van der Waals surface area contributed by atoms with E-state index in [1.165, 1.54) is 6.08 Å². The van der Waals surface area contributed by atoms with Crippen LogP contribution in [0.25, 0.3) is 16.5 Å². The van der Waals surface area contributed by atoms with Gasteiger partial charge in [-0.3, -0.25) is 0 Å². The van der Waals surface area contributed by atoms with E-state index in [-0.39, 0.29) is 0 Å². The molecule has 0 spiro atoms. The molecule has 1 aromatic heterocycles. The first-order chi connectivity index (χ1) is 8.65. The van der Waals surface area contributed by atoms with Gasteiger partial charge in [-0.1, -0.05) is 22.0 Å². The molecule has 1 fully saturated rings. The molecular weight excluding hydrogens is 294 g/mol. The summed E-state index contributed by atoms with van der Waals surface area (Å²) in [6.07, 6.45) is 5.43. The fourth-order valence-corrected chi connectivity index (χ4v) is 2.64. The molecule has 1 aliphatic rings. The Morgan fingerprint density at radius 3 is 2.89 bits per heavy atom. The minimum atomic E-state index is -0.872. The lowest BCUT2D eigenvalue weighted by Gasteiger charge is -2.03. The highest BCUT2D eigenvalue weighted by Crippen LogP contribution is 2.43. The summed E-state index contributed by atoms with van der Waals surface area (Å²) in [5.74, 6) is -0.466. The number of H-pyrrole nitrogens is 1. The molecule has 2 aromatic rings. The maximum Gasteiger partial charge on any atom is 0.328 e. The molecule has 4 heteroatoms. The third kappa shape index (κ3) is 2.08. The van der Waals surface area contributed by atoms with Gasteiger partial charge in [0.25, 0.3) is 0 Å². The van der Waals surface area contributed by atoms with E-state index >= 15 is 0 Å². The Hall–Kier alpha value is -1.55. The zero-order valence-electron chi connectivity index (χ0n) is 9.61. The van der Waals surface area contributed by atoms with Gasteiger partial charge in [-0.05, 0) is 36.5 Å². The number of nitrogens with one attached hydrogen (secondary N) is 1. The number of carbonyl (C=O) groups is 1. The second-order valence-corrected chi connectivity index (χ2v) is 5.52. The SMILES string of the molecule is O=C(O)/C=C(/c1c[nH]c2cc(Br)ccc12)C1CC1. The van der Waals surface area contributed by atoms with Gasteiger partial charge in [0.1, 0.15) is 0 Å². The molecule has 0 unspecified atom stereocenters. The van der Waals surface area contributed by atoms with Crippen LogP contribution in [0.15, 0.2) is 34.9 Å². The number of hydrogen-bond acceptors (Lipinski definition) is 1. The van der Waals surface area contributed by atoms with Gasteiger partial charge in [0.05, 0.1) is 0 Å². The van der Waals surface area contributed by atoms with Gasteiger partial charge in [-0.15, -0.1) is 0 Å². The molecule has 2 N–H and O–H groups in total. The van der Waals surface area contributed by atoms with Crippen LogP contribution in [-0.2, 0) is 4.79 Å². The van der Waals surface area contributed by atoms with Crippen LogP contribution >= 0.6 is 15.9 Å². The van der Waals surface area contributed by atoms with Crippen molar-refractivity contribution < 1.29 is 9.90 Å². The number of benzene rings is 1. The Balaban J connectivity index is 2.15. The summed E-state index contributed by atoms with van der Waals surface area (Å²) in [5.41, 5.74) is 2.98. The average Bonchev–Trinajstić information content (AvgIpc) is 3.07. The first kappa shape index (κ1) is 11.5. The lowest BCUT2D eigenvalue weighted by Crippen LogP contribution is -1.93. The molecule has 1 saturated carbocycles. The molecule has 1 aromatic carbocycles. The van der Waals surface area contributed by atoms with Crippen molar-refractivity contribution in [3.05, 3.63) is 40.5 Å². The molecule has 0 radical (unpaired) electrons. The fourth-order valence-electron chi connectivity index (χ4n) is 2.28. The maximum absolute atomic E-state index is 10.9. The quantitative estimate of drug-likeness (QED) is 0.847. The zero-order chi connectivity index (χ0) is 12.7. The Kier molecular flexibility index (Phi) is 2.74. The molecule has 0 amide bonds. The molecule has 0 bridgehead atoms. The van der Waals surface area contributed by atoms with Crippen LogP contribution in [0.4, 0.5) is 0 Å². The van der Waals surface area contributed by atoms with Crippen LogP contribution in [0, 0.1) is 5.92 Å². The third-order valence-corrected chi connectivity index (χ3v) is 3.74. The largest absolute Gasteiger partial charge is 0.478 e. The van der Waals surface area contributed by atoms with Crippen molar-refractivity contribution in [1.82, 2.24) is 4.98 Å². The molecule has 3 nitrogen and oxygen atoms in total. The average molecular weight is 306 g/mol. The van der Waals surface area contributed by atoms with Crippen molar-refractivity contribution >= 4 is 38.4 Å². The second kappa shape index (κ2) is 4.28. The monoisotopic (exact) mass is 305 g/mol. The summed E-state index contributed by atoms with van der Waals surface area (Å²) in [5, 5.41) is 10.1. The summed E-state index contributed by atoms with van der Waals surface area (Å²) < 4.78 is 1.01. The van der Waals surface area contributed by atoms with Gasteiger partial charge in [-0.25, -0.2) is 4.79 Å². The van der Waals surface area contributed by atoms with Crippen LogP contribution < -0.4 is 0 Å². The van der Waals surface area contributed by atoms with Gasteiger partial charge in [-0.2, -0.15) is 0 Å². The second-order valence-electron chi connectivity index (χ2n) is 4.60. The van der Waals surface area contributed by atoms with Crippen LogP contribution in [0.3, 0.4) is 0 Å². The highest BCUT2D eigenvalue weighted by Gasteiger charge is 2.28. The Morgan fingerprint density at radius 1 is 1.44 bits per heavy atom. The zero-order valence-corrected chi connectivity index (χ0v) is 11.2. The van der Waals surface area contributed by atoms with Gasteiger partial charge < -0.3 is 10.1 Å². The van der Waals surface area contributed by atoms with E-state index in [1.54, 1.807) is 0 Å². The summed E-state index contributed by atoms with van der Waals surface area (Å²) in [4.78, 5) is 14.1. The molecule has 0 aliphatic heterocycles. The fraction of sp³-hybridized carbons (Fsp3) is 0.214. The number of aromatic amines is 1. The van der Waals surface area contributed by atoms with E-state index in [9.17, 15) is 4.79 Å². The van der Waals surface area contributed by atoms with Crippen molar-refractivity contribution in [2.24, 2.45) is 5.92 Å². The van der Waals surface area contributed by atoms with E-state index in [0.29, 0.717) is 5.92 Å². The standard InChI is InChI=1S/C14H12BrNO2/c15-9-3-4-10-12(7-16-13(10)5-9)11(6-14(17)18)8-1-2-8/h3-8,16H,1-2H2,(H,17,18)/b11-6+. The molecule has 18 heavy (non-hydrogen) atoms. The number of rotatable bonds is 3. The minimum Gasteiger partial charge on any atom is -0.478 e. The maximum atomic E-state index is 10.9. The van der Waals surface area contributed by atoms with Gasteiger partial charge in [0.15, 0.2) is 0 Å². The first-order valence-electron chi connectivity index (χ1n) is 5.86. The number of aliphatic carboxylic acids is 1. The number of hydrogen-bond donors (Lipinski definition) is 2. The number of halogens is 1. The topological polar surface area (TPSA) is 53.1 Å². The highest BCUT2D eigenvalue weighted by atomic mass is 79.9. The summed E-state index contributed by atoms with van der Waals surface area (Å²) >= 11 is 3.43. The summed E-state index contributed by atoms with van der Waals surface area (Å²) in [6, 6.07) is 6.00.